The molecule has 6 aromatic rings. The third-order valence-electron chi connectivity index (χ3n) is 9.25. The van der Waals surface area contributed by atoms with E-state index in [9.17, 15) is 15.5 Å². The van der Waals surface area contributed by atoms with Crippen molar-refractivity contribution in [1.82, 2.24) is 0 Å². The summed E-state index contributed by atoms with van der Waals surface area (Å²) in [6.45, 7) is 0.220. The van der Waals surface area contributed by atoms with Crippen LogP contribution in [0.1, 0.15) is 35.1 Å². The molecule has 0 bridgehead atoms. The van der Waals surface area contributed by atoms with Gasteiger partial charge in [-0.25, -0.2) is 0 Å². The first-order valence-electron chi connectivity index (χ1n) is 17.3. The maximum absolute atomic E-state index is 11.7. The molecule has 6 aromatic carbocycles. The molecule has 0 aliphatic carbocycles. The second-order valence-corrected chi connectivity index (χ2v) is 15.0. The second kappa shape index (κ2) is 17.5. The third-order valence-corrected chi connectivity index (χ3v) is 12.5. The van der Waals surface area contributed by atoms with E-state index >= 15 is 0 Å². The van der Waals surface area contributed by atoms with E-state index in [1.54, 1.807) is 0 Å². The van der Waals surface area contributed by atoms with Gasteiger partial charge in [-0.2, -0.15) is 10.5 Å². The van der Waals surface area contributed by atoms with Crippen LogP contribution in [-0.2, 0) is 14.2 Å². The van der Waals surface area contributed by atoms with E-state index in [1.165, 1.54) is 16.7 Å². The minimum atomic E-state index is -2.60. The fourth-order valence-electron chi connectivity index (χ4n) is 6.82. The summed E-state index contributed by atoms with van der Waals surface area (Å²) in [6, 6.07) is 64.6. The summed E-state index contributed by atoms with van der Waals surface area (Å²) in [5.74, 6) is 0.168. The Balaban J connectivity index is 1.33. The molecule has 256 valence electrons. The Hall–Kier alpha value is -5.67. The van der Waals surface area contributed by atoms with Crippen LogP contribution in [0.5, 0.6) is 0 Å². The summed E-state index contributed by atoms with van der Waals surface area (Å²) in [4.78, 5) is 1.65. The number of nitrogens with zero attached hydrogens (tertiary/aromatic N) is 2. The zero-order valence-corrected chi connectivity index (χ0v) is 29.6. The van der Waals surface area contributed by atoms with Gasteiger partial charge in [0.1, 0.15) is 17.7 Å². The van der Waals surface area contributed by atoms with Crippen LogP contribution in [-0.4, -0.2) is 24.7 Å². The van der Waals surface area contributed by atoms with Gasteiger partial charge in [-0.3, -0.25) is 0 Å². The molecule has 1 N–H and O–H groups in total. The average molecular weight is 699 g/mol. The largest absolute Gasteiger partial charge is 0.647 e. The molecule has 0 atom stereocenters. The molecular weight excluding hydrogens is 659 g/mol. The van der Waals surface area contributed by atoms with Crippen LogP contribution in [0.4, 0.5) is 0 Å². The van der Waals surface area contributed by atoms with E-state index in [4.69, 9.17) is 8.75 Å². The highest BCUT2D eigenvalue weighted by Crippen LogP contribution is 2.65. The van der Waals surface area contributed by atoms with E-state index in [0.717, 1.165) is 15.4 Å². The van der Waals surface area contributed by atoms with Crippen molar-refractivity contribution in [2.45, 2.75) is 28.0 Å². The van der Waals surface area contributed by atoms with Gasteiger partial charge < -0.3 is 13.8 Å². The molecular formula is C45H39BN2O3S. The number of rotatable bonds is 15. The molecule has 0 unspecified atom stereocenters. The Morgan fingerprint density at radius 1 is 0.577 bits per heavy atom. The summed E-state index contributed by atoms with van der Waals surface area (Å²) in [5.41, 5.74) is 4.34. The van der Waals surface area contributed by atoms with E-state index < -0.39 is 23.0 Å². The highest BCUT2D eigenvalue weighted by molar-refractivity contribution is 8.30. The van der Waals surface area contributed by atoms with Crippen molar-refractivity contribution in [3.63, 3.8) is 0 Å². The first kappa shape index (κ1) is 36.1. The second-order valence-electron chi connectivity index (χ2n) is 12.3. The van der Waals surface area contributed by atoms with Gasteiger partial charge in [0.15, 0.2) is 0 Å². The lowest BCUT2D eigenvalue weighted by molar-refractivity contribution is 0.193. The van der Waals surface area contributed by atoms with Crippen molar-refractivity contribution in [2.75, 3.05) is 12.4 Å². The van der Waals surface area contributed by atoms with Crippen molar-refractivity contribution < 1.29 is 13.8 Å². The van der Waals surface area contributed by atoms with Crippen molar-refractivity contribution in [3.05, 3.63) is 210 Å². The monoisotopic (exact) mass is 698 g/mol. The zero-order chi connectivity index (χ0) is 36.1. The van der Waals surface area contributed by atoms with Gasteiger partial charge in [0.25, 0.3) is 0 Å². The Morgan fingerprint density at radius 3 is 1.37 bits per heavy atom. The average Bonchev–Trinajstić information content (AvgIpc) is 3.22. The normalized spacial score (nSPS) is 11.5. The molecule has 0 heterocycles. The molecule has 6 rings (SSSR count). The Kier molecular flexibility index (Phi) is 12.2. The van der Waals surface area contributed by atoms with Crippen molar-refractivity contribution >= 4 is 23.2 Å². The summed E-state index contributed by atoms with van der Waals surface area (Å²) in [7, 11) is -4.19. The van der Waals surface area contributed by atoms with Crippen molar-refractivity contribution in [2.24, 2.45) is 0 Å². The Labute approximate surface area is 308 Å². The summed E-state index contributed by atoms with van der Waals surface area (Å²) in [6.07, 6.45) is 1.32. The first-order chi connectivity index (χ1) is 25.6. The van der Waals surface area contributed by atoms with Crippen LogP contribution < -0.4 is 0 Å². The van der Waals surface area contributed by atoms with E-state index in [-0.39, 0.29) is 17.9 Å². The Bertz CT molecular complexity index is 1970. The molecule has 7 heteroatoms. The van der Waals surface area contributed by atoms with Crippen molar-refractivity contribution in [1.29, 1.82) is 10.5 Å². The maximum atomic E-state index is 11.7. The van der Waals surface area contributed by atoms with E-state index in [0.29, 0.717) is 18.4 Å². The number of hydrogen-bond donors (Lipinski definition) is 1. The molecule has 0 saturated heterocycles. The van der Waals surface area contributed by atoms with Crippen LogP contribution in [0, 0.1) is 22.7 Å². The smallest absolute Gasteiger partial charge is 0.401 e. The Morgan fingerprint density at radius 2 is 0.962 bits per heavy atom. The number of hydrogen-bond acceptors (Lipinski definition) is 5. The van der Waals surface area contributed by atoms with Gasteiger partial charge >= 0.3 is 7.32 Å². The van der Waals surface area contributed by atoms with Gasteiger partial charge in [-0.15, -0.1) is 0 Å². The number of allylic oxidation sites excluding steroid dienone is 1. The predicted octanol–water partition coefficient (Wildman–Crippen LogP) is 10.2. The molecule has 0 aromatic heterocycles. The minimum absolute atomic E-state index is 0.00646. The van der Waals surface area contributed by atoms with Crippen LogP contribution in [0.15, 0.2) is 197 Å². The molecule has 0 aliphatic rings. The number of benzene rings is 6. The van der Waals surface area contributed by atoms with Gasteiger partial charge in [0, 0.05) is 27.6 Å². The molecule has 0 spiro atoms. The fraction of sp³-hybridized carbons (Fsp3) is 0.111. The van der Waals surface area contributed by atoms with Gasteiger partial charge in [0.2, 0.25) is 0 Å². The summed E-state index contributed by atoms with van der Waals surface area (Å²) >= 11 is 0. The first-order valence-corrected chi connectivity index (χ1v) is 19.0. The third kappa shape index (κ3) is 7.95. The van der Waals surface area contributed by atoms with Gasteiger partial charge in [-0.1, -0.05) is 168 Å². The van der Waals surface area contributed by atoms with Gasteiger partial charge in [-0.05, 0) is 64.9 Å². The fourth-order valence-corrected chi connectivity index (χ4v) is 9.97. The molecule has 0 radical (unpaired) electrons. The van der Waals surface area contributed by atoms with Crippen LogP contribution >= 0.6 is 10.3 Å². The lowest BCUT2D eigenvalue weighted by atomic mass is 9.67. The minimum Gasteiger partial charge on any atom is -0.401 e. The predicted molar refractivity (Wildman–Crippen MR) is 210 cm³/mol. The lowest BCUT2D eigenvalue weighted by Gasteiger charge is -2.42. The van der Waals surface area contributed by atoms with Crippen LogP contribution in [0.3, 0.4) is 0 Å². The quantitative estimate of drug-likeness (QED) is 0.0499. The van der Waals surface area contributed by atoms with E-state index in [2.05, 4.69) is 84.9 Å². The van der Waals surface area contributed by atoms with Crippen molar-refractivity contribution in [3.8, 4) is 12.1 Å². The molecule has 0 amide bonds. The zero-order valence-electron chi connectivity index (χ0n) is 28.8. The SMILES string of the molecule is N#CC(C#N)=C(CS(OB(O)OCCCC(c1ccccc1)(c1ccccc1)c1ccccc1)(c1ccccc1)c1ccccc1)c1ccccc1. The maximum Gasteiger partial charge on any atom is 0.647 e. The van der Waals surface area contributed by atoms with Crippen LogP contribution in [0.2, 0.25) is 0 Å². The number of nitriles is 2. The standard InChI is InChI=1S/C45H39BN2O3S/c47-34-38(35-48)44(37-20-7-1-8-21-37)36-52(42-28-15-5-16-29-42,43-30-17-6-18-31-43)51-46(49)50-33-19-32-45(39-22-9-2-10-23-39,40-24-11-3-12-25-40)41-26-13-4-14-27-41/h1-18,20-31,49H,19,32-33,36H2. The molecule has 0 fully saturated rings. The molecule has 0 saturated carbocycles. The highest BCUT2D eigenvalue weighted by Gasteiger charge is 2.39. The summed E-state index contributed by atoms with van der Waals surface area (Å²) in [5, 5.41) is 31.8. The van der Waals surface area contributed by atoms with Crippen LogP contribution in [0.25, 0.3) is 5.57 Å². The molecule has 5 nitrogen and oxygen atoms in total. The van der Waals surface area contributed by atoms with E-state index in [1.807, 2.05) is 109 Å². The summed E-state index contributed by atoms with van der Waals surface area (Å²) < 4.78 is 12.9. The highest BCUT2D eigenvalue weighted by atomic mass is 32.3. The van der Waals surface area contributed by atoms with Gasteiger partial charge in [0.05, 0.1) is 0 Å². The molecule has 0 aliphatic heterocycles. The molecule has 52 heavy (non-hydrogen) atoms. The lowest BCUT2D eigenvalue weighted by Crippen LogP contribution is -2.31. The topological polar surface area (TPSA) is 86.3 Å².